The van der Waals surface area contributed by atoms with Crippen molar-refractivity contribution in [2.45, 2.75) is 77.3 Å². The van der Waals surface area contributed by atoms with Crippen molar-refractivity contribution >= 4 is 11.6 Å². The van der Waals surface area contributed by atoms with Crippen LogP contribution in [-0.4, -0.2) is 30.1 Å². The first-order valence-electron chi connectivity index (χ1n) is 14.4. The molecular formula is C31H37F6N4+. The summed E-state index contributed by atoms with van der Waals surface area (Å²) in [5.74, 6) is 0.776. The van der Waals surface area contributed by atoms with E-state index in [0.717, 1.165) is 55.7 Å². The molecule has 222 valence electrons. The van der Waals surface area contributed by atoms with Crippen LogP contribution >= 0.6 is 0 Å². The molecule has 4 nitrogen and oxygen atoms in total. The first-order chi connectivity index (χ1) is 19.4. The van der Waals surface area contributed by atoms with Crippen LogP contribution in [0.4, 0.5) is 32.0 Å². The van der Waals surface area contributed by atoms with Crippen molar-refractivity contribution in [3.05, 3.63) is 76.0 Å². The lowest BCUT2D eigenvalue weighted by Crippen LogP contribution is -2.56. The number of guanidine groups is 1. The van der Waals surface area contributed by atoms with Crippen LogP contribution in [0.5, 0.6) is 0 Å². The van der Waals surface area contributed by atoms with Gasteiger partial charge in [0, 0.05) is 36.1 Å². The third-order valence-corrected chi connectivity index (χ3v) is 8.83. The van der Waals surface area contributed by atoms with Crippen molar-refractivity contribution in [3.8, 4) is 0 Å². The normalized spacial score (nSPS) is 21.3. The van der Waals surface area contributed by atoms with Crippen molar-refractivity contribution in [1.82, 2.24) is 0 Å². The Morgan fingerprint density at radius 3 is 2.10 bits per heavy atom. The number of hydrogen-bond acceptors (Lipinski definition) is 3. The molecule has 1 aliphatic heterocycles. The van der Waals surface area contributed by atoms with Crippen LogP contribution in [0.25, 0.3) is 0 Å². The van der Waals surface area contributed by atoms with Crippen LogP contribution in [0.1, 0.15) is 72.4 Å². The number of rotatable bonds is 8. The molecule has 1 atom stereocenters. The number of anilines is 1. The summed E-state index contributed by atoms with van der Waals surface area (Å²) in [6.07, 6.45) is 1.34. The second kappa shape index (κ2) is 11.3. The molecule has 3 aliphatic rings. The van der Waals surface area contributed by atoms with Crippen LogP contribution < -0.4 is 10.6 Å². The summed E-state index contributed by atoms with van der Waals surface area (Å²) >= 11 is 0. The Morgan fingerprint density at radius 2 is 1.51 bits per heavy atom. The van der Waals surface area contributed by atoms with E-state index >= 15 is 0 Å². The molecule has 0 spiro atoms. The van der Waals surface area contributed by atoms with Gasteiger partial charge in [0.2, 0.25) is 0 Å². The van der Waals surface area contributed by atoms with Gasteiger partial charge in [0.05, 0.1) is 11.1 Å². The standard InChI is InChI=1S/C31H37F6N4/c1-2-40(18-21-7-3-4-8-21)28-16-24-10-5-9-23(24)15-25(28)20-41(12-6-11-39-29(41)38)19-22-13-26(30(32,33)34)17-27(14-22)31(35,36)37/h6,11,13-17,21H,2-5,7-10,12,18-20H2,1H3,(H2,38,39)/q+1. The summed E-state index contributed by atoms with van der Waals surface area (Å²) in [5.41, 5.74) is 8.39. The zero-order valence-corrected chi connectivity index (χ0v) is 23.3. The Balaban J connectivity index is 1.57. The van der Waals surface area contributed by atoms with E-state index in [1.165, 1.54) is 36.8 Å². The van der Waals surface area contributed by atoms with E-state index in [-0.39, 0.29) is 28.6 Å². The molecule has 1 saturated carbocycles. The molecule has 0 amide bonds. The predicted octanol–water partition coefficient (Wildman–Crippen LogP) is 7.59. The predicted molar refractivity (Wildman–Crippen MR) is 148 cm³/mol. The molecule has 2 aromatic carbocycles. The number of hydrogen-bond donors (Lipinski definition) is 1. The van der Waals surface area contributed by atoms with Gasteiger partial charge >= 0.3 is 12.4 Å². The maximum Gasteiger partial charge on any atom is 0.416 e. The van der Waals surface area contributed by atoms with Crippen molar-refractivity contribution in [1.29, 1.82) is 0 Å². The summed E-state index contributed by atoms with van der Waals surface area (Å²) < 4.78 is 81.9. The molecular weight excluding hydrogens is 542 g/mol. The van der Waals surface area contributed by atoms with Crippen LogP contribution in [0.15, 0.2) is 47.6 Å². The van der Waals surface area contributed by atoms with Gasteiger partial charge in [-0.2, -0.15) is 31.3 Å². The average molecular weight is 580 g/mol. The Labute approximate surface area is 237 Å². The molecule has 2 aromatic rings. The van der Waals surface area contributed by atoms with E-state index in [1.807, 2.05) is 0 Å². The van der Waals surface area contributed by atoms with Crippen LogP contribution in [0, 0.1) is 5.92 Å². The molecule has 0 aromatic heterocycles. The quantitative estimate of drug-likeness (QED) is 0.259. The lowest BCUT2D eigenvalue weighted by atomic mass is 9.99. The second-order valence-electron chi connectivity index (χ2n) is 11.7. The van der Waals surface area contributed by atoms with Gasteiger partial charge in [-0.1, -0.05) is 12.8 Å². The van der Waals surface area contributed by atoms with E-state index in [2.05, 4.69) is 28.9 Å². The first-order valence-corrected chi connectivity index (χ1v) is 14.4. The lowest BCUT2D eigenvalue weighted by Gasteiger charge is -2.39. The summed E-state index contributed by atoms with van der Waals surface area (Å²) in [6.45, 7) is 4.30. The third-order valence-electron chi connectivity index (χ3n) is 8.83. The van der Waals surface area contributed by atoms with E-state index < -0.39 is 23.5 Å². The Morgan fingerprint density at radius 1 is 0.878 bits per heavy atom. The van der Waals surface area contributed by atoms with Gasteiger partial charge in [0.1, 0.15) is 19.6 Å². The van der Waals surface area contributed by atoms with Crippen molar-refractivity contribution in [3.63, 3.8) is 0 Å². The fourth-order valence-electron chi connectivity index (χ4n) is 6.71. The minimum Gasteiger partial charge on any atom is -0.371 e. The number of nitrogens with zero attached hydrogens (tertiary/aromatic N) is 3. The fourth-order valence-corrected chi connectivity index (χ4v) is 6.71. The molecule has 2 N–H and O–H groups in total. The smallest absolute Gasteiger partial charge is 0.371 e. The van der Waals surface area contributed by atoms with Gasteiger partial charge in [-0.3, -0.25) is 0 Å². The highest BCUT2D eigenvalue weighted by Gasteiger charge is 2.40. The number of aryl methyl sites for hydroxylation is 2. The van der Waals surface area contributed by atoms with E-state index in [0.29, 0.717) is 19.0 Å². The largest absolute Gasteiger partial charge is 0.416 e. The maximum absolute atomic E-state index is 13.7. The Bertz CT molecular complexity index is 1290. The number of quaternary nitrogens is 1. The highest BCUT2D eigenvalue weighted by Crippen LogP contribution is 2.39. The zero-order valence-electron chi connectivity index (χ0n) is 23.3. The molecule has 1 fully saturated rings. The minimum absolute atomic E-state index is 0.0815. The van der Waals surface area contributed by atoms with Crippen molar-refractivity contribution in [2.75, 3.05) is 24.5 Å². The lowest BCUT2D eigenvalue weighted by molar-refractivity contribution is -0.865. The van der Waals surface area contributed by atoms with Crippen LogP contribution in [0.3, 0.4) is 0 Å². The van der Waals surface area contributed by atoms with E-state index in [1.54, 1.807) is 12.3 Å². The first kappa shape index (κ1) is 29.5. The Hall–Kier alpha value is -3.01. The molecule has 5 rings (SSSR count). The minimum atomic E-state index is -4.92. The summed E-state index contributed by atoms with van der Waals surface area (Å²) in [4.78, 5) is 6.69. The fraction of sp³-hybridized carbons (Fsp3) is 0.516. The number of fused-ring (bicyclic) bond motifs is 1. The SMILES string of the molecule is CCN(CC1CCCC1)c1cc2c(cc1C[N+]1(Cc3cc(C(F)(F)F)cc(C(F)(F)F)c3)CC=CN=C1N)CCC2. The molecule has 2 aliphatic carbocycles. The van der Waals surface area contributed by atoms with Gasteiger partial charge in [-0.05, 0) is 92.5 Å². The third kappa shape index (κ3) is 6.42. The van der Waals surface area contributed by atoms with Crippen molar-refractivity contribution < 1.29 is 30.8 Å². The highest BCUT2D eigenvalue weighted by molar-refractivity contribution is 5.73. The number of alkyl halides is 6. The van der Waals surface area contributed by atoms with Gasteiger partial charge < -0.3 is 10.6 Å². The highest BCUT2D eigenvalue weighted by atomic mass is 19.4. The second-order valence-corrected chi connectivity index (χ2v) is 11.7. The topological polar surface area (TPSA) is 41.6 Å². The monoisotopic (exact) mass is 579 g/mol. The number of nitrogens with two attached hydrogens (primary N) is 1. The molecule has 1 unspecified atom stereocenters. The van der Waals surface area contributed by atoms with E-state index in [4.69, 9.17) is 5.73 Å². The van der Waals surface area contributed by atoms with Crippen LogP contribution in [0.2, 0.25) is 0 Å². The average Bonchev–Trinajstić information content (AvgIpc) is 3.59. The number of halogens is 6. The molecule has 41 heavy (non-hydrogen) atoms. The number of aliphatic imine (C=N–C) groups is 1. The summed E-state index contributed by atoms with van der Waals surface area (Å²) in [7, 11) is 0. The van der Waals surface area contributed by atoms with Gasteiger partial charge in [-0.15, -0.1) is 0 Å². The molecule has 0 saturated heterocycles. The van der Waals surface area contributed by atoms with Gasteiger partial charge in [0.25, 0.3) is 5.96 Å². The number of benzene rings is 2. The van der Waals surface area contributed by atoms with Crippen molar-refractivity contribution in [2.24, 2.45) is 16.6 Å². The molecule has 1 heterocycles. The van der Waals surface area contributed by atoms with E-state index in [9.17, 15) is 26.3 Å². The molecule has 10 heteroatoms. The summed E-state index contributed by atoms with van der Waals surface area (Å²) in [6, 6.07) is 6.23. The zero-order chi connectivity index (χ0) is 29.4. The molecule has 0 radical (unpaired) electrons. The Kier molecular flexibility index (Phi) is 8.16. The van der Waals surface area contributed by atoms with Gasteiger partial charge in [-0.25, -0.2) is 4.48 Å². The summed E-state index contributed by atoms with van der Waals surface area (Å²) in [5, 5.41) is 0. The van der Waals surface area contributed by atoms with Crippen LogP contribution in [-0.2, 0) is 38.3 Å². The maximum atomic E-state index is 13.7. The van der Waals surface area contributed by atoms with Gasteiger partial charge in [0.15, 0.2) is 0 Å². The molecule has 0 bridgehead atoms.